The Morgan fingerprint density at radius 2 is 0.774 bits per heavy atom. The molecule has 0 amide bonds. The average Bonchev–Trinajstić information content (AvgIpc) is 2.72. The molecule has 0 bridgehead atoms. The van der Waals surface area contributed by atoms with Gasteiger partial charge in [-0.3, -0.25) is 0 Å². The van der Waals surface area contributed by atoms with Crippen molar-refractivity contribution in [2.45, 2.75) is 0 Å². The summed E-state index contributed by atoms with van der Waals surface area (Å²) >= 11 is 0. The van der Waals surface area contributed by atoms with Gasteiger partial charge in [-0.2, -0.15) is 21.9 Å². The molecule has 0 N–H and O–H groups in total. The van der Waals surface area contributed by atoms with Crippen molar-refractivity contribution in [3.05, 3.63) is 120 Å². The third kappa shape index (κ3) is 3.50. The summed E-state index contributed by atoms with van der Waals surface area (Å²) in [6.45, 7) is 0. The van der Waals surface area contributed by atoms with Crippen molar-refractivity contribution in [3.63, 3.8) is 0 Å². The Balaban J connectivity index is 2.24. The van der Waals surface area contributed by atoms with E-state index in [-0.39, 0.29) is 21.9 Å². The molecule has 0 nitrogen and oxygen atoms in total. The summed E-state index contributed by atoms with van der Waals surface area (Å²) in [5, 5.41) is 0. The van der Waals surface area contributed by atoms with Gasteiger partial charge >= 0.3 is 0 Å². The van der Waals surface area contributed by atoms with Crippen LogP contribution in [0.2, 0.25) is 0 Å². The maximum absolute atomic E-state index is 15.2. The standard InChI is InChI=1S/C24H14BF6/c26-16-6-9-19(22(29)12-16)25(15-4-2-1-3-5-15,20-10-7-17(27)13-23(20)30)21-11-8-18(28)14-24(21)31/h1-14H/q-1. The van der Waals surface area contributed by atoms with Gasteiger partial charge in [-0.15, -0.1) is 0 Å². The minimum absolute atomic E-state index is 0.219. The minimum atomic E-state index is -2.96. The summed E-state index contributed by atoms with van der Waals surface area (Å²) in [7, 11) is 0. The quantitative estimate of drug-likeness (QED) is 0.343. The molecule has 0 unspecified atom stereocenters. The van der Waals surface area contributed by atoms with Crippen LogP contribution >= 0.6 is 0 Å². The van der Waals surface area contributed by atoms with E-state index in [1.54, 1.807) is 18.2 Å². The largest absolute Gasteiger partial charge is 0.210 e. The van der Waals surface area contributed by atoms with E-state index >= 15 is 13.2 Å². The second-order valence-corrected chi connectivity index (χ2v) is 7.27. The first-order valence-electron chi connectivity index (χ1n) is 9.41. The van der Waals surface area contributed by atoms with Gasteiger partial charge in [-0.25, -0.2) is 26.3 Å². The molecule has 0 aliphatic rings. The normalized spacial score (nSPS) is 11.5. The Morgan fingerprint density at radius 3 is 1.10 bits per heavy atom. The molecule has 0 saturated heterocycles. The van der Waals surface area contributed by atoms with Gasteiger partial charge < -0.3 is 0 Å². The molecule has 156 valence electrons. The molecule has 0 atom stereocenters. The molecule has 31 heavy (non-hydrogen) atoms. The van der Waals surface area contributed by atoms with Crippen molar-refractivity contribution in [3.8, 4) is 0 Å². The van der Waals surface area contributed by atoms with E-state index in [2.05, 4.69) is 0 Å². The van der Waals surface area contributed by atoms with Crippen LogP contribution in [0, 0.1) is 34.9 Å². The molecule has 0 aromatic heterocycles. The molecular formula is C24H14BF6-. The highest BCUT2D eigenvalue weighted by Gasteiger charge is 2.37. The van der Waals surface area contributed by atoms with Crippen LogP contribution in [0.15, 0.2) is 84.9 Å². The fraction of sp³-hybridized carbons (Fsp3) is 0. The third-order valence-corrected chi connectivity index (χ3v) is 5.59. The molecule has 0 aliphatic carbocycles. The van der Waals surface area contributed by atoms with Crippen LogP contribution in [0.4, 0.5) is 26.3 Å². The maximum Gasteiger partial charge on any atom is 0.125 e. The molecular weight excluding hydrogens is 413 g/mol. The lowest BCUT2D eigenvalue weighted by molar-refractivity contribution is 0.586. The highest BCUT2D eigenvalue weighted by atomic mass is 19.2. The van der Waals surface area contributed by atoms with Crippen molar-refractivity contribution >= 4 is 28.0 Å². The Morgan fingerprint density at radius 1 is 0.419 bits per heavy atom. The Kier molecular flexibility index (Phi) is 5.35. The summed E-state index contributed by atoms with van der Waals surface area (Å²) < 4.78 is 86.8. The zero-order chi connectivity index (χ0) is 22.2. The van der Waals surface area contributed by atoms with E-state index in [4.69, 9.17) is 0 Å². The van der Waals surface area contributed by atoms with Gasteiger partial charge in [0.2, 0.25) is 0 Å². The first kappa shape index (κ1) is 20.8. The van der Waals surface area contributed by atoms with Gasteiger partial charge in [0.05, 0.1) is 17.5 Å². The van der Waals surface area contributed by atoms with Crippen LogP contribution in [-0.2, 0) is 0 Å². The molecule has 7 heteroatoms. The summed E-state index contributed by atoms with van der Waals surface area (Å²) in [5.41, 5.74) is -0.375. The van der Waals surface area contributed by atoms with Crippen LogP contribution in [0.1, 0.15) is 0 Å². The molecule has 4 aromatic carbocycles. The summed E-state index contributed by atoms with van der Waals surface area (Å²) in [6.07, 6.45) is -2.96. The Labute approximate surface area is 174 Å². The lowest BCUT2D eigenvalue weighted by atomic mass is 9.12. The lowest BCUT2D eigenvalue weighted by Gasteiger charge is -2.44. The van der Waals surface area contributed by atoms with E-state index in [0.717, 1.165) is 36.4 Å². The molecule has 4 aromatic rings. The zero-order valence-corrected chi connectivity index (χ0v) is 15.9. The number of hydrogen-bond donors (Lipinski definition) is 0. The summed E-state index contributed by atoms with van der Waals surface area (Å²) in [4.78, 5) is 0. The number of benzene rings is 4. The molecule has 0 spiro atoms. The molecule has 0 aliphatic heterocycles. The lowest BCUT2D eigenvalue weighted by Crippen LogP contribution is -2.76. The van der Waals surface area contributed by atoms with E-state index < -0.39 is 41.0 Å². The van der Waals surface area contributed by atoms with Gasteiger partial charge in [-0.1, -0.05) is 48.5 Å². The van der Waals surface area contributed by atoms with Gasteiger partial charge in [-0.05, 0) is 18.2 Å². The zero-order valence-electron chi connectivity index (χ0n) is 15.9. The van der Waals surface area contributed by atoms with Crippen molar-refractivity contribution in [2.75, 3.05) is 0 Å². The van der Waals surface area contributed by atoms with Gasteiger partial charge in [0, 0.05) is 18.2 Å². The highest BCUT2D eigenvalue weighted by molar-refractivity contribution is 7.20. The van der Waals surface area contributed by atoms with Gasteiger partial charge in [0.15, 0.2) is 0 Å². The SMILES string of the molecule is Fc1ccc([B-](c2ccccc2)(c2ccc(F)cc2F)c2ccc(F)cc2F)c(F)c1. The molecule has 4 rings (SSSR count). The molecule has 0 radical (unpaired) electrons. The fourth-order valence-electron chi connectivity index (χ4n) is 4.34. The highest BCUT2D eigenvalue weighted by Crippen LogP contribution is 2.16. The van der Waals surface area contributed by atoms with Crippen LogP contribution in [0.3, 0.4) is 0 Å². The van der Waals surface area contributed by atoms with Crippen LogP contribution in [0.25, 0.3) is 0 Å². The topological polar surface area (TPSA) is 0 Å². The average molecular weight is 427 g/mol. The van der Waals surface area contributed by atoms with Gasteiger partial charge in [0.25, 0.3) is 0 Å². The Bertz CT molecular complexity index is 1130. The van der Waals surface area contributed by atoms with E-state index in [9.17, 15) is 13.2 Å². The number of rotatable bonds is 4. The second kappa shape index (κ2) is 7.98. The van der Waals surface area contributed by atoms with Crippen molar-refractivity contribution in [1.82, 2.24) is 0 Å². The number of hydrogen-bond acceptors (Lipinski definition) is 0. The summed E-state index contributed by atoms with van der Waals surface area (Å²) in [5.74, 6) is -5.77. The summed E-state index contributed by atoms with van der Waals surface area (Å²) in [6, 6.07) is 16.0. The van der Waals surface area contributed by atoms with Crippen molar-refractivity contribution in [2.24, 2.45) is 0 Å². The van der Waals surface area contributed by atoms with Crippen molar-refractivity contribution < 1.29 is 26.3 Å². The van der Waals surface area contributed by atoms with Crippen molar-refractivity contribution in [1.29, 1.82) is 0 Å². The van der Waals surface area contributed by atoms with Crippen LogP contribution < -0.4 is 21.9 Å². The van der Waals surface area contributed by atoms with E-state index in [1.807, 2.05) is 0 Å². The van der Waals surface area contributed by atoms with Gasteiger partial charge in [0.1, 0.15) is 23.6 Å². The molecule has 0 fully saturated rings. The van der Waals surface area contributed by atoms with Crippen LogP contribution in [0.5, 0.6) is 0 Å². The second-order valence-electron chi connectivity index (χ2n) is 7.27. The third-order valence-electron chi connectivity index (χ3n) is 5.59. The van der Waals surface area contributed by atoms with E-state index in [0.29, 0.717) is 18.2 Å². The molecule has 0 heterocycles. The van der Waals surface area contributed by atoms with E-state index in [1.165, 1.54) is 12.1 Å². The monoisotopic (exact) mass is 427 g/mol. The number of halogens is 6. The first-order chi connectivity index (χ1) is 14.8. The fourth-order valence-corrected chi connectivity index (χ4v) is 4.34. The Hall–Kier alpha value is -3.48. The smallest absolute Gasteiger partial charge is 0.125 e. The molecule has 0 saturated carbocycles. The van der Waals surface area contributed by atoms with Crippen LogP contribution in [-0.4, -0.2) is 6.15 Å². The maximum atomic E-state index is 15.2. The first-order valence-corrected chi connectivity index (χ1v) is 9.41. The minimum Gasteiger partial charge on any atom is -0.210 e. The predicted octanol–water partition coefficient (Wildman–Crippen LogP) is 3.90. The predicted molar refractivity (Wildman–Crippen MR) is 110 cm³/mol.